The van der Waals surface area contributed by atoms with E-state index in [0.29, 0.717) is 18.6 Å². The third-order valence-electron chi connectivity index (χ3n) is 4.34. The fraction of sp³-hybridized carbons (Fsp3) is 0.300. The van der Waals surface area contributed by atoms with E-state index >= 15 is 0 Å². The second-order valence-corrected chi connectivity index (χ2v) is 7.40. The lowest BCUT2D eigenvalue weighted by Gasteiger charge is -2.11. The maximum absolute atomic E-state index is 12.3. The van der Waals surface area contributed by atoms with Crippen molar-refractivity contribution < 1.29 is 14.6 Å². The molecular formula is C20H23BrN4O3. The molecule has 0 bridgehead atoms. The van der Waals surface area contributed by atoms with Crippen molar-refractivity contribution in [2.24, 2.45) is 5.10 Å². The Hall–Kier alpha value is -2.42. The van der Waals surface area contributed by atoms with Crippen molar-refractivity contribution in [3.63, 3.8) is 0 Å². The molecule has 1 aliphatic rings. The van der Waals surface area contributed by atoms with Crippen LogP contribution in [0.3, 0.4) is 0 Å². The Morgan fingerprint density at radius 2 is 2.11 bits per heavy atom. The number of rotatable bonds is 7. The number of carbonyl (C=O) groups is 1. The Morgan fingerprint density at radius 1 is 1.32 bits per heavy atom. The van der Waals surface area contributed by atoms with E-state index in [-0.39, 0.29) is 17.7 Å². The number of phenols is 1. The first-order chi connectivity index (χ1) is 13.6. The molecule has 148 valence electrons. The van der Waals surface area contributed by atoms with Gasteiger partial charge in [-0.1, -0.05) is 35.0 Å². The molecule has 7 nitrogen and oxygen atoms in total. The lowest BCUT2D eigenvalue weighted by atomic mass is 10.0. The molecule has 2 aromatic carbocycles. The Labute approximate surface area is 172 Å². The Kier molecular flexibility index (Phi) is 7.02. The molecule has 1 amide bonds. The van der Waals surface area contributed by atoms with Crippen LogP contribution in [0.15, 0.2) is 52.0 Å². The summed E-state index contributed by atoms with van der Waals surface area (Å²) in [5.41, 5.74) is 10.2. The largest absolute Gasteiger partial charge is 0.507 e. The molecule has 3 rings (SSSR count). The van der Waals surface area contributed by atoms with E-state index in [1.54, 1.807) is 18.2 Å². The lowest BCUT2D eigenvalue weighted by molar-refractivity contribution is -0.122. The van der Waals surface area contributed by atoms with Crippen LogP contribution in [0, 0.1) is 0 Å². The van der Waals surface area contributed by atoms with Crippen LogP contribution in [0.25, 0.3) is 0 Å². The van der Waals surface area contributed by atoms with Gasteiger partial charge in [-0.15, -0.1) is 0 Å². The monoisotopic (exact) mass is 446 g/mol. The standard InChI is InChI=1S/C20H23BrN4O3/c1-2-9-28-16-6-3-13(4-7-16)17-11-18(24-23-17)20(27)25-22-12-14-10-15(21)5-8-19(14)26/h3-8,10,12,17-18,23-24,26H,2,9,11H2,1H3,(H,25,27)/b22-12+. The van der Waals surface area contributed by atoms with Crippen LogP contribution in [0.4, 0.5) is 0 Å². The molecule has 1 aliphatic heterocycles. The maximum Gasteiger partial charge on any atom is 0.258 e. The average molecular weight is 447 g/mol. The van der Waals surface area contributed by atoms with Crippen molar-refractivity contribution in [3.8, 4) is 11.5 Å². The van der Waals surface area contributed by atoms with E-state index < -0.39 is 6.04 Å². The van der Waals surface area contributed by atoms with Crippen LogP contribution in [-0.4, -0.2) is 29.9 Å². The number of nitrogens with zero attached hydrogens (tertiary/aromatic N) is 1. The zero-order chi connectivity index (χ0) is 19.9. The molecule has 2 unspecified atom stereocenters. The molecule has 0 saturated carbocycles. The van der Waals surface area contributed by atoms with Gasteiger partial charge in [-0.25, -0.2) is 16.3 Å². The smallest absolute Gasteiger partial charge is 0.258 e. The molecule has 4 N–H and O–H groups in total. The van der Waals surface area contributed by atoms with Crippen LogP contribution in [0.5, 0.6) is 11.5 Å². The minimum absolute atomic E-state index is 0.0223. The van der Waals surface area contributed by atoms with E-state index in [0.717, 1.165) is 22.2 Å². The quantitative estimate of drug-likeness (QED) is 0.387. The van der Waals surface area contributed by atoms with Crippen molar-refractivity contribution in [1.82, 2.24) is 16.3 Å². The van der Waals surface area contributed by atoms with Crippen LogP contribution in [0.1, 0.15) is 36.9 Å². The number of halogens is 1. The molecule has 2 atom stereocenters. The van der Waals surface area contributed by atoms with Gasteiger partial charge < -0.3 is 9.84 Å². The number of amides is 1. The van der Waals surface area contributed by atoms with Gasteiger partial charge in [0.2, 0.25) is 0 Å². The molecule has 0 aromatic heterocycles. The summed E-state index contributed by atoms with van der Waals surface area (Å²) in [6.45, 7) is 2.77. The van der Waals surface area contributed by atoms with Crippen LogP contribution >= 0.6 is 15.9 Å². The number of hydrogen-bond acceptors (Lipinski definition) is 6. The number of hydrogen-bond donors (Lipinski definition) is 4. The first-order valence-corrected chi connectivity index (χ1v) is 9.91. The Morgan fingerprint density at radius 3 is 2.86 bits per heavy atom. The molecule has 0 spiro atoms. The lowest BCUT2D eigenvalue weighted by Crippen LogP contribution is -2.41. The minimum atomic E-state index is -0.408. The second kappa shape index (κ2) is 9.68. The third kappa shape index (κ3) is 5.31. The van der Waals surface area contributed by atoms with E-state index in [1.165, 1.54) is 6.21 Å². The zero-order valence-corrected chi connectivity index (χ0v) is 17.1. The summed E-state index contributed by atoms with van der Waals surface area (Å²) in [7, 11) is 0. The Balaban J connectivity index is 1.52. The van der Waals surface area contributed by atoms with Crippen LogP contribution < -0.4 is 21.0 Å². The average Bonchev–Trinajstić information content (AvgIpc) is 3.19. The maximum atomic E-state index is 12.3. The number of hydrazone groups is 1. The van der Waals surface area contributed by atoms with E-state index in [4.69, 9.17) is 4.74 Å². The number of hydrazine groups is 1. The number of benzene rings is 2. The van der Waals surface area contributed by atoms with Crippen molar-refractivity contribution in [1.29, 1.82) is 0 Å². The SMILES string of the molecule is CCCOc1ccc(C2CC(C(=O)N/N=C/c3cc(Br)ccc3O)NN2)cc1. The fourth-order valence-corrected chi connectivity index (χ4v) is 3.21. The summed E-state index contributed by atoms with van der Waals surface area (Å²) < 4.78 is 6.41. The number of aromatic hydroxyl groups is 1. The molecule has 2 aromatic rings. The first-order valence-electron chi connectivity index (χ1n) is 9.12. The van der Waals surface area contributed by atoms with Gasteiger partial charge in [0, 0.05) is 16.1 Å². The highest BCUT2D eigenvalue weighted by atomic mass is 79.9. The molecule has 0 radical (unpaired) electrons. The third-order valence-corrected chi connectivity index (χ3v) is 4.84. The number of carbonyl (C=O) groups excluding carboxylic acids is 1. The van der Waals surface area contributed by atoms with Crippen molar-refractivity contribution in [2.45, 2.75) is 31.8 Å². The van der Waals surface area contributed by atoms with Gasteiger partial charge >= 0.3 is 0 Å². The summed E-state index contributed by atoms with van der Waals surface area (Å²) in [6, 6.07) is 12.5. The predicted molar refractivity (Wildman–Crippen MR) is 111 cm³/mol. The summed E-state index contributed by atoms with van der Waals surface area (Å²) in [6.07, 6.45) is 2.97. The number of ether oxygens (including phenoxy) is 1. The summed E-state index contributed by atoms with van der Waals surface area (Å²) in [5, 5.41) is 13.7. The Bertz CT molecular complexity index is 842. The molecule has 0 aliphatic carbocycles. The van der Waals surface area contributed by atoms with Crippen LogP contribution in [-0.2, 0) is 4.79 Å². The van der Waals surface area contributed by atoms with E-state index in [9.17, 15) is 9.90 Å². The first kappa shape index (κ1) is 20.3. The van der Waals surface area contributed by atoms with Gasteiger partial charge in [0.15, 0.2) is 0 Å². The molecule has 1 heterocycles. The predicted octanol–water partition coefficient (Wildman–Crippen LogP) is 3.00. The van der Waals surface area contributed by atoms with Crippen molar-refractivity contribution in [2.75, 3.05) is 6.61 Å². The van der Waals surface area contributed by atoms with Gasteiger partial charge in [0.05, 0.1) is 12.8 Å². The van der Waals surface area contributed by atoms with Crippen molar-refractivity contribution in [3.05, 3.63) is 58.1 Å². The zero-order valence-electron chi connectivity index (χ0n) is 15.5. The topological polar surface area (TPSA) is 95.0 Å². The highest BCUT2D eigenvalue weighted by molar-refractivity contribution is 9.10. The summed E-state index contributed by atoms with van der Waals surface area (Å²) in [4.78, 5) is 12.3. The van der Waals surface area contributed by atoms with Gasteiger partial charge in [-0.2, -0.15) is 5.10 Å². The molecular weight excluding hydrogens is 424 g/mol. The highest BCUT2D eigenvalue weighted by Crippen LogP contribution is 2.24. The molecule has 1 fully saturated rings. The second-order valence-electron chi connectivity index (χ2n) is 6.48. The van der Waals surface area contributed by atoms with Gasteiger partial charge in [-0.05, 0) is 48.7 Å². The van der Waals surface area contributed by atoms with E-state index in [2.05, 4.69) is 44.2 Å². The van der Waals surface area contributed by atoms with E-state index in [1.807, 2.05) is 24.3 Å². The summed E-state index contributed by atoms with van der Waals surface area (Å²) >= 11 is 3.33. The van der Waals surface area contributed by atoms with Gasteiger partial charge in [-0.3, -0.25) is 4.79 Å². The minimum Gasteiger partial charge on any atom is -0.507 e. The highest BCUT2D eigenvalue weighted by Gasteiger charge is 2.30. The molecule has 8 heteroatoms. The molecule has 1 saturated heterocycles. The molecule has 28 heavy (non-hydrogen) atoms. The fourth-order valence-electron chi connectivity index (χ4n) is 2.84. The van der Waals surface area contributed by atoms with Crippen LogP contribution in [0.2, 0.25) is 0 Å². The van der Waals surface area contributed by atoms with Crippen molar-refractivity contribution >= 4 is 28.1 Å². The number of phenolic OH excluding ortho intramolecular Hbond substituents is 1. The summed E-state index contributed by atoms with van der Waals surface area (Å²) in [5.74, 6) is 0.688. The normalized spacial score (nSPS) is 19.1. The van der Waals surface area contributed by atoms with Gasteiger partial charge in [0.25, 0.3) is 5.91 Å². The van der Waals surface area contributed by atoms with Gasteiger partial charge in [0.1, 0.15) is 17.5 Å². The number of nitrogens with one attached hydrogen (secondary N) is 3.